The fourth-order valence-corrected chi connectivity index (χ4v) is 1.33. The van der Waals surface area contributed by atoms with E-state index in [1.807, 2.05) is 12.1 Å². The molecule has 0 saturated carbocycles. The standard InChI is InChI=1S/C11H12BrNO4/c12-8-3-1-7(2-4-8)6-17-10(14)5-9(13)11(15)16/h1-4,9H,5-6,13H2,(H,15,16)/t9-/m0/s1. The molecule has 3 N–H and O–H groups in total. The third-order valence-electron chi connectivity index (χ3n) is 2.02. The second kappa shape index (κ2) is 6.36. The lowest BCUT2D eigenvalue weighted by atomic mass is 10.2. The number of carboxylic acids is 1. The van der Waals surface area contributed by atoms with Gasteiger partial charge in [0.25, 0.3) is 0 Å². The Kier molecular flexibility index (Phi) is 5.11. The Labute approximate surface area is 107 Å². The van der Waals surface area contributed by atoms with Gasteiger partial charge in [-0.2, -0.15) is 0 Å². The normalized spacial score (nSPS) is 11.9. The molecule has 0 aliphatic carbocycles. The SMILES string of the molecule is N[C@@H](CC(=O)OCc1ccc(Br)cc1)C(=O)O. The molecule has 0 heterocycles. The lowest BCUT2D eigenvalue weighted by molar-refractivity contribution is -0.149. The quantitative estimate of drug-likeness (QED) is 0.800. The van der Waals surface area contributed by atoms with Crippen molar-refractivity contribution in [1.29, 1.82) is 0 Å². The van der Waals surface area contributed by atoms with Crippen LogP contribution in [-0.4, -0.2) is 23.1 Å². The van der Waals surface area contributed by atoms with Crippen LogP contribution in [0.1, 0.15) is 12.0 Å². The Hall–Kier alpha value is -1.40. The first-order chi connectivity index (χ1) is 7.99. The molecule has 0 radical (unpaired) electrons. The summed E-state index contributed by atoms with van der Waals surface area (Å²) in [7, 11) is 0. The fourth-order valence-electron chi connectivity index (χ4n) is 1.07. The number of carboxylic acid groups (broad SMARTS) is 1. The predicted molar refractivity (Wildman–Crippen MR) is 64.2 cm³/mol. The first-order valence-corrected chi connectivity index (χ1v) is 5.67. The third-order valence-corrected chi connectivity index (χ3v) is 2.55. The van der Waals surface area contributed by atoms with Gasteiger partial charge in [0.05, 0.1) is 6.42 Å². The number of hydrogen-bond donors (Lipinski definition) is 2. The molecule has 6 heteroatoms. The summed E-state index contributed by atoms with van der Waals surface area (Å²) in [5, 5.41) is 8.51. The lowest BCUT2D eigenvalue weighted by Crippen LogP contribution is -2.33. The van der Waals surface area contributed by atoms with E-state index in [1.54, 1.807) is 12.1 Å². The van der Waals surface area contributed by atoms with Crippen LogP contribution in [0.25, 0.3) is 0 Å². The third kappa shape index (κ3) is 4.97. The summed E-state index contributed by atoms with van der Waals surface area (Å²) in [6.07, 6.45) is -0.328. The minimum Gasteiger partial charge on any atom is -0.480 e. The molecule has 0 unspecified atom stereocenters. The van der Waals surface area contributed by atoms with Crippen molar-refractivity contribution in [2.45, 2.75) is 19.1 Å². The van der Waals surface area contributed by atoms with Gasteiger partial charge in [-0.25, -0.2) is 0 Å². The highest BCUT2D eigenvalue weighted by Gasteiger charge is 2.17. The van der Waals surface area contributed by atoms with Gasteiger partial charge < -0.3 is 15.6 Å². The number of carbonyl (C=O) groups excluding carboxylic acids is 1. The number of esters is 1. The van der Waals surface area contributed by atoms with Crippen LogP contribution in [0.15, 0.2) is 28.7 Å². The van der Waals surface area contributed by atoms with Crippen LogP contribution in [0.4, 0.5) is 0 Å². The highest BCUT2D eigenvalue weighted by atomic mass is 79.9. The zero-order valence-corrected chi connectivity index (χ0v) is 10.5. The summed E-state index contributed by atoms with van der Waals surface area (Å²) in [6, 6.07) is 6.04. The van der Waals surface area contributed by atoms with E-state index >= 15 is 0 Å². The summed E-state index contributed by atoms with van der Waals surface area (Å²) in [4.78, 5) is 21.6. The Morgan fingerprint density at radius 2 is 1.94 bits per heavy atom. The number of carbonyl (C=O) groups is 2. The number of halogens is 1. The van der Waals surface area contributed by atoms with Crippen molar-refractivity contribution in [2.24, 2.45) is 5.73 Å². The highest BCUT2D eigenvalue weighted by molar-refractivity contribution is 9.10. The zero-order chi connectivity index (χ0) is 12.8. The largest absolute Gasteiger partial charge is 0.480 e. The summed E-state index contributed by atoms with van der Waals surface area (Å²) >= 11 is 3.28. The van der Waals surface area contributed by atoms with Crippen LogP contribution in [0.5, 0.6) is 0 Å². The predicted octanol–water partition coefficient (Wildman–Crippen LogP) is 1.29. The van der Waals surface area contributed by atoms with E-state index in [0.29, 0.717) is 0 Å². The summed E-state index contributed by atoms with van der Waals surface area (Å²) in [5.74, 6) is -1.84. The maximum absolute atomic E-state index is 11.2. The number of hydrogen-bond acceptors (Lipinski definition) is 4. The molecule has 1 atom stereocenters. The van der Waals surface area contributed by atoms with Crippen LogP contribution in [0.2, 0.25) is 0 Å². The molecule has 5 nitrogen and oxygen atoms in total. The maximum atomic E-state index is 11.2. The summed E-state index contributed by atoms with van der Waals surface area (Å²) in [5.41, 5.74) is 6.02. The summed E-state index contributed by atoms with van der Waals surface area (Å²) in [6.45, 7) is 0.110. The van der Waals surface area contributed by atoms with E-state index in [1.165, 1.54) is 0 Å². The number of aliphatic carboxylic acids is 1. The van der Waals surface area contributed by atoms with Gasteiger partial charge in [-0.05, 0) is 17.7 Å². The van der Waals surface area contributed by atoms with E-state index in [2.05, 4.69) is 15.9 Å². The molecule has 0 saturated heterocycles. The van der Waals surface area contributed by atoms with Crippen LogP contribution in [-0.2, 0) is 20.9 Å². The fraction of sp³-hybridized carbons (Fsp3) is 0.273. The number of rotatable bonds is 5. The van der Waals surface area contributed by atoms with Crippen molar-refractivity contribution in [3.05, 3.63) is 34.3 Å². The average Bonchev–Trinajstić information content (AvgIpc) is 2.28. The first kappa shape index (κ1) is 13.7. The number of ether oxygens (including phenoxy) is 1. The average molecular weight is 302 g/mol. The van der Waals surface area contributed by atoms with Crippen LogP contribution in [0, 0.1) is 0 Å². The van der Waals surface area contributed by atoms with E-state index in [9.17, 15) is 9.59 Å². The van der Waals surface area contributed by atoms with E-state index in [0.717, 1.165) is 10.0 Å². The van der Waals surface area contributed by atoms with Crippen molar-refractivity contribution in [3.63, 3.8) is 0 Å². The minimum absolute atomic E-state index is 0.110. The molecule has 0 spiro atoms. The van der Waals surface area contributed by atoms with Gasteiger partial charge in [-0.1, -0.05) is 28.1 Å². The number of benzene rings is 1. The van der Waals surface area contributed by atoms with Crippen molar-refractivity contribution in [2.75, 3.05) is 0 Å². The van der Waals surface area contributed by atoms with Gasteiger partial charge in [0.15, 0.2) is 0 Å². The van der Waals surface area contributed by atoms with Gasteiger partial charge >= 0.3 is 11.9 Å². The molecule has 1 aromatic carbocycles. The molecule has 0 bridgehead atoms. The molecule has 0 aromatic heterocycles. The van der Waals surface area contributed by atoms with Gasteiger partial charge in [-0.15, -0.1) is 0 Å². The van der Waals surface area contributed by atoms with E-state index in [-0.39, 0.29) is 13.0 Å². The first-order valence-electron chi connectivity index (χ1n) is 4.87. The molecule has 0 aliphatic heterocycles. The molecule has 0 aliphatic rings. The second-order valence-corrected chi connectivity index (χ2v) is 4.35. The molecule has 92 valence electrons. The topological polar surface area (TPSA) is 89.6 Å². The van der Waals surface area contributed by atoms with Gasteiger partial charge in [0.2, 0.25) is 0 Å². The Morgan fingerprint density at radius 3 is 2.47 bits per heavy atom. The smallest absolute Gasteiger partial charge is 0.321 e. The summed E-state index contributed by atoms with van der Waals surface area (Å²) < 4.78 is 5.82. The van der Waals surface area contributed by atoms with Crippen LogP contribution >= 0.6 is 15.9 Å². The molecule has 1 rings (SSSR count). The highest BCUT2D eigenvalue weighted by Crippen LogP contribution is 2.11. The van der Waals surface area contributed by atoms with Crippen LogP contribution in [0.3, 0.4) is 0 Å². The van der Waals surface area contributed by atoms with Crippen LogP contribution < -0.4 is 5.73 Å². The molecule has 0 fully saturated rings. The maximum Gasteiger partial charge on any atom is 0.321 e. The van der Waals surface area contributed by atoms with Crippen molar-refractivity contribution in [3.8, 4) is 0 Å². The lowest BCUT2D eigenvalue weighted by Gasteiger charge is -2.07. The van der Waals surface area contributed by atoms with Gasteiger partial charge in [0, 0.05) is 4.47 Å². The minimum atomic E-state index is -1.22. The van der Waals surface area contributed by atoms with Gasteiger partial charge in [0.1, 0.15) is 12.6 Å². The Bertz CT molecular complexity index is 404. The van der Waals surface area contributed by atoms with E-state index < -0.39 is 18.0 Å². The van der Waals surface area contributed by atoms with Crippen molar-refractivity contribution in [1.82, 2.24) is 0 Å². The second-order valence-electron chi connectivity index (χ2n) is 3.44. The molecular formula is C11H12BrNO4. The molecule has 1 aromatic rings. The van der Waals surface area contributed by atoms with Crippen molar-refractivity contribution < 1.29 is 19.4 Å². The Morgan fingerprint density at radius 1 is 1.35 bits per heavy atom. The zero-order valence-electron chi connectivity index (χ0n) is 8.93. The van der Waals surface area contributed by atoms with Crippen molar-refractivity contribution >= 4 is 27.9 Å². The Balaban J connectivity index is 2.38. The molecular weight excluding hydrogens is 290 g/mol. The molecule has 17 heavy (non-hydrogen) atoms. The number of nitrogens with two attached hydrogens (primary N) is 1. The monoisotopic (exact) mass is 301 g/mol. The molecule has 0 amide bonds. The van der Waals surface area contributed by atoms with E-state index in [4.69, 9.17) is 15.6 Å². The van der Waals surface area contributed by atoms with Gasteiger partial charge in [-0.3, -0.25) is 9.59 Å².